The molecule has 0 aliphatic rings. The Morgan fingerprint density at radius 2 is 1.52 bits per heavy atom. The van der Waals surface area contributed by atoms with Crippen molar-refractivity contribution in [3.63, 3.8) is 0 Å². The number of carbonyl (C=O) groups excluding carboxylic acids is 1. The van der Waals surface area contributed by atoms with Gasteiger partial charge in [-0.1, -0.05) is 41.4 Å². The lowest BCUT2D eigenvalue weighted by Gasteiger charge is -2.22. The van der Waals surface area contributed by atoms with E-state index in [1.165, 1.54) is 11.3 Å². The average molecular weight is 362 g/mol. The minimum absolute atomic E-state index is 0.0303. The van der Waals surface area contributed by atoms with Gasteiger partial charge in [0, 0.05) is 15.7 Å². The van der Waals surface area contributed by atoms with Gasteiger partial charge in [-0.05, 0) is 53.4 Å². The van der Waals surface area contributed by atoms with E-state index in [1.807, 2.05) is 53.9 Å². The molecule has 23 heavy (non-hydrogen) atoms. The minimum atomic E-state index is -0.0303. The van der Waals surface area contributed by atoms with E-state index in [-0.39, 0.29) is 5.91 Å². The largest absolute Gasteiger partial charge is 0.303 e. The molecule has 2 nitrogen and oxygen atoms in total. The van der Waals surface area contributed by atoms with Crippen molar-refractivity contribution in [2.75, 3.05) is 4.90 Å². The second-order valence-electron chi connectivity index (χ2n) is 4.97. The highest BCUT2D eigenvalue weighted by Gasteiger charge is 2.19. The van der Waals surface area contributed by atoms with E-state index in [9.17, 15) is 4.79 Å². The van der Waals surface area contributed by atoms with Crippen molar-refractivity contribution in [3.8, 4) is 0 Å². The fourth-order valence-electron chi connectivity index (χ4n) is 2.21. The summed E-state index contributed by atoms with van der Waals surface area (Å²) in [5, 5.41) is 3.22. The molecule has 1 amide bonds. The van der Waals surface area contributed by atoms with Gasteiger partial charge in [0.2, 0.25) is 0 Å². The van der Waals surface area contributed by atoms with Gasteiger partial charge in [-0.2, -0.15) is 0 Å². The van der Waals surface area contributed by atoms with Gasteiger partial charge in [0.1, 0.15) is 0 Å². The fraction of sp³-hybridized carbons (Fsp3) is 0.0556. The molecule has 0 aliphatic carbocycles. The summed E-state index contributed by atoms with van der Waals surface area (Å²) in [4.78, 5) is 15.3. The maximum atomic E-state index is 12.8. The van der Waals surface area contributed by atoms with E-state index < -0.39 is 0 Å². The summed E-state index contributed by atoms with van der Waals surface area (Å²) in [6, 6.07) is 18.5. The zero-order valence-corrected chi connectivity index (χ0v) is 14.4. The molecule has 116 valence electrons. The van der Waals surface area contributed by atoms with Gasteiger partial charge >= 0.3 is 0 Å². The first-order valence-electron chi connectivity index (χ1n) is 6.99. The molecule has 2 aromatic carbocycles. The van der Waals surface area contributed by atoms with Crippen molar-refractivity contribution >= 4 is 46.1 Å². The molecule has 3 rings (SSSR count). The van der Waals surface area contributed by atoms with Crippen molar-refractivity contribution in [3.05, 3.63) is 86.5 Å². The Morgan fingerprint density at radius 1 is 0.913 bits per heavy atom. The summed E-state index contributed by atoms with van der Waals surface area (Å²) in [5.41, 5.74) is 1.82. The number of hydrogen-bond acceptors (Lipinski definition) is 2. The van der Waals surface area contributed by atoms with Gasteiger partial charge in [0.15, 0.2) is 0 Å². The average Bonchev–Trinajstić information content (AvgIpc) is 3.09. The minimum Gasteiger partial charge on any atom is -0.303 e. The Balaban J connectivity index is 1.94. The van der Waals surface area contributed by atoms with E-state index in [0.29, 0.717) is 21.5 Å². The number of hydrogen-bond donors (Lipinski definition) is 0. The third kappa shape index (κ3) is 3.94. The standard InChI is InChI=1S/C18H13Cl2NOS/c19-14-5-3-13(4-6-14)12-21(16-9-7-15(20)8-10-16)18(22)17-2-1-11-23-17/h1-11H,12H2. The van der Waals surface area contributed by atoms with Crippen LogP contribution >= 0.6 is 34.5 Å². The Hall–Kier alpha value is -1.81. The quantitative estimate of drug-likeness (QED) is 0.566. The van der Waals surface area contributed by atoms with Crippen LogP contribution in [0.1, 0.15) is 15.2 Å². The maximum absolute atomic E-state index is 12.8. The third-order valence-electron chi connectivity index (χ3n) is 3.37. The van der Waals surface area contributed by atoms with Gasteiger partial charge < -0.3 is 4.90 Å². The monoisotopic (exact) mass is 361 g/mol. The second-order valence-corrected chi connectivity index (χ2v) is 6.79. The Kier molecular flexibility index (Phi) is 5.01. The van der Waals surface area contributed by atoms with Crippen molar-refractivity contribution in [1.29, 1.82) is 0 Å². The SMILES string of the molecule is O=C(c1cccs1)N(Cc1ccc(Cl)cc1)c1ccc(Cl)cc1. The second kappa shape index (κ2) is 7.18. The van der Waals surface area contributed by atoms with E-state index in [4.69, 9.17) is 23.2 Å². The van der Waals surface area contributed by atoms with Gasteiger partial charge in [-0.25, -0.2) is 0 Å². The summed E-state index contributed by atoms with van der Waals surface area (Å²) in [6.45, 7) is 0.468. The van der Waals surface area contributed by atoms with Crippen LogP contribution in [0.5, 0.6) is 0 Å². The van der Waals surface area contributed by atoms with Gasteiger partial charge in [-0.15, -0.1) is 11.3 Å². The molecule has 0 saturated carbocycles. The first-order valence-corrected chi connectivity index (χ1v) is 8.62. The van der Waals surface area contributed by atoms with Crippen LogP contribution in [0.3, 0.4) is 0 Å². The predicted molar refractivity (Wildman–Crippen MR) is 97.7 cm³/mol. The molecular weight excluding hydrogens is 349 g/mol. The molecule has 1 heterocycles. The first kappa shape index (κ1) is 16.1. The highest BCUT2D eigenvalue weighted by Crippen LogP contribution is 2.24. The first-order chi connectivity index (χ1) is 11.1. The summed E-state index contributed by atoms with van der Waals surface area (Å²) in [6.07, 6.45) is 0. The number of anilines is 1. The predicted octanol–water partition coefficient (Wildman–Crippen LogP) is 5.90. The molecule has 0 atom stereocenters. The third-order valence-corrected chi connectivity index (χ3v) is 4.73. The van der Waals surface area contributed by atoms with E-state index in [0.717, 1.165) is 11.3 Å². The fourth-order valence-corrected chi connectivity index (χ4v) is 3.13. The molecule has 3 aromatic rings. The molecule has 0 N–H and O–H groups in total. The van der Waals surface area contributed by atoms with Crippen LogP contribution in [0.4, 0.5) is 5.69 Å². The van der Waals surface area contributed by atoms with Crippen molar-refractivity contribution < 1.29 is 4.79 Å². The molecule has 0 aliphatic heterocycles. The highest BCUT2D eigenvalue weighted by molar-refractivity contribution is 7.12. The van der Waals surface area contributed by atoms with Gasteiger partial charge in [0.25, 0.3) is 5.91 Å². The molecule has 0 fully saturated rings. The zero-order chi connectivity index (χ0) is 16.2. The van der Waals surface area contributed by atoms with Crippen LogP contribution in [0, 0.1) is 0 Å². The number of carbonyl (C=O) groups is 1. The Labute approximate surface area is 148 Å². The number of halogens is 2. The number of rotatable bonds is 4. The van der Waals surface area contributed by atoms with Crippen LogP contribution in [0.25, 0.3) is 0 Å². The van der Waals surface area contributed by atoms with E-state index in [1.54, 1.807) is 17.0 Å². The highest BCUT2D eigenvalue weighted by atomic mass is 35.5. The van der Waals surface area contributed by atoms with Gasteiger partial charge in [-0.3, -0.25) is 4.79 Å². The molecule has 0 saturated heterocycles. The molecular formula is C18H13Cl2NOS. The Morgan fingerprint density at radius 3 is 2.09 bits per heavy atom. The molecule has 0 unspecified atom stereocenters. The molecule has 1 aromatic heterocycles. The van der Waals surface area contributed by atoms with Crippen LogP contribution < -0.4 is 4.90 Å². The summed E-state index contributed by atoms with van der Waals surface area (Å²) in [7, 11) is 0. The number of benzene rings is 2. The number of thiophene rings is 1. The van der Waals surface area contributed by atoms with Crippen LogP contribution in [-0.4, -0.2) is 5.91 Å². The molecule has 0 radical (unpaired) electrons. The lowest BCUT2D eigenvalue weighted by Crippen LogP contribution is -2.29. The Bertz CT molecular complexity index is 783. The summed E-state index contributed by atoms with van der Waals surface area (Å²) >= 11 is 13.3. The summed E-state index contributed by atoms with van der Waals surface area (Å²) in [5.74, 6) is -0.0303. The molecule has 5 heteroatoms. The lowest BCUT2D eigenvalue weighted by molar-refractivity contribution is 0.0989. The lowest BCUT2D eigenvalue weighted by atomic mass is 10.2. The van der Waals surface area contributed by atoms with Crippen molar-refractivity contribution in [1.82, 2.24) is 0 Å². The molecule has 0 bridgehead atoms. The van der Waals surface area contributed by atoms with Crippen LogP contribution in [0.2, 0.25) is 10.0 Å². The van der Waals surface area contributed by atoms with E-state index in [2.05, 4.69) is 0 Å². The van der Waals surface area contributed by atoms with Crippen LogP contribution in [0.15, 0.2) is 66.0 Å². The van der Waals surface area contributed by atoms with Crippen molar-refractivity contribution in [2.45, 2.75) is 6.54 Å². The number of amides is 1. The zero-order valence-electron chi connectivity index (χ0n) is 12.1. The maximum Gasteiger partial charge on any atom is 0.268 e. The van der Waals surface area contributed by atoms with E-state index >= 15 is 0 Å². The molecule has 0 spiro atoms. The van der Waals surface area contributed by atoms with Crippen molar-refractivity contribution in [2.24, 2.45) is 0 Å². The number of nitrogens with zero attached hydrogens (tertiary/aromatic N) is 1. The smallest absolute Gasteiger partial charge is 0.268 e. The summed E-state index contributed by atoms with van der Waals surface area (Å²) < 4.78 is 0. The van der Waals surface area contributed by atoms with Crippen LogP contribution in [-0.2, 0) is 6.54 Å². The van der Waals surface area contributed by atoms with Gasteiger partial charge in [0.05, 0.1) is 11.4 Å². The topological polar surface area (TPSA) is 20.3 Å². The normalized spacial score (nSPS) is 10.5.